The average molecular weight is 283 g/mol. The van der Waals surface area contributed by atoms with Gasteiger partial charge in [0.15, 0.2) is 0 Å². The Balaban J connectivity index is 2.77. The lowest BCUT2D eigenvalue weighted by Gasteiger charge is -2.40. The van der Waals surface area contributed by atoms with E-state index in [-0.39, 0.29) is 23.2 Å². The van der Waals surface area contributed by atoms with Crippen molar-refractivity contribution in [2.45, 2.75) is 72.3 Å². The summed E-state index contributed by atoms with van der Waals surface area (Å²) in [5.41, 5.74) is -1.02. The van der Waals surface area contributed by atoms with Gasteiger partial charge in [0.05, 0.1) is 0 Å². The standard InChI is InChI=1S/C16H29NO3/c1-11-8-6-7-9-16(11,14(19)20)17-13(18)10-12(2)15(3,4)5/h11-12H,6-10H2,1-5H3,(H,17,18)(H,19,20). The van der Waals surface area contributed by atoms with Crippen LogP contribution in [0.4, 0.5) is 0 Å². The largest absolute Gasteiger partial charge is 0.479 e. The molecule has 3 atom stereocenters. The van der Waals surface area contributed by atoms with Gasteiger partial charge in [-0.15, -0.1) is 0 Å². The van der Waals surface area contributed by atoms with Crippen molar-refractivity contribution in [3.63, 3.8) is 0 Å². The highest BCUT2D eigenvalue weighted by Crippen LogP contribution is 2.35. The van der Waals surface area contributed by atoms with Crippen LogP contribution in [0, 0.1) is 17.3 Å². The molecular weight excluding hydrogens is 254 g/mol. The van der Waals surface area contributed by atoms with Crippen LogP contribution in [0.1, 0.15) is 66.7 Å². The van der Waals surface area contributed by atoms with Gasteiger partial charge in [0, 0.05) is 6.42 Å². The first-order valence-corrected chi connectivity index (χ1v) is 7.64. The molecule has 0 radical (unpaired) electrons. The molecule has 0 aliphatic heterocycles. The van der Waals surface area contributed by atoms with Crippen LogP contribution in [0.2, 0.25) is 0 Å². The van der Waals surface area contributed by atoms with Crippen molar-refractivity contribution in [2.24, 2.45) is 17.3 Å². The predicted octanol–water partition coefficient (Wildman–Crippen LogP) is 3.21. The molecule has 0 heterocycles. The number of aliphatic carboxylic acids is 1. The van der Waals surface area contributed by atoms with Crippen molar-refractivity contribution in [2.75, 3.05) is 0 Å². The fraction of sp³-hybridized carbons (Fsp3) is 0.875. The van der Waals surface area contributed by atoms with Crippen molar-refractivity contribution in [1.29, 1.82) is 0 Å². The van der Waals surface area contributed by atoms with E-state index in [1.54, 1.807) is 0 Å². The fourth-order valence-electron chi connectivity index (χ4n) is 2.79. The fourth-order valence-corrected chi connectivity index (χ4v) is 2.79. The van der Waals surface area contributed by atoms with E-state index in [0.717, 1.165) is 19.3 Å². The highest BCUT2D eigenvalue weighted by Gasteiger charge is 2.46. The molecule has 0 aromatic carbocycles. The molecule has 0 spiro atoms. The minimum absolute atomic E-state index is 0.0114. The minimum atomic E-state index is -1.06. The first kappa shape index (κ1) is 17.0. The van der Waals surface area contributed by atoms with Crippen molar-refractivity contribution in [3.05, 3.63) is 0 Å². The van der Waals surface area contributed by atoms with Crippen molar-refractivity contribution in [3.8, 4) is 0 Å². The van der Waals surface area contributed by atoms with Crippen LogP contribution in [0.25, 0.3) is 0 Å². The van der Waals surface area contributed by atoms with Gasteiger partial charge in [-0.1, -0.05) is 47.5 Å². The molecule has 0 saturated heterocycles. The summed E-state index contributed by atoms with van der Waals surface area (Å²) in [6.45, 7) is 10.3. The predicted molar refractivity (Wildman–Crippen MR) is 79.4 cm³/mol. The number of carbonyl (C=O) groups is 2. The number of carboxylic acids is 1. The summed E-state index contributed by atoms with van der Waals surface area (Å²) in [5, 5.41) is 12.4. The summed E-state index contributed by atoms with van der Waals surface area (Å²) >= 11 is 0. The maximum Gasteiger partial charge on any atom is 0.329 e. The number of nitrogens with one attached hydrogen (secondary N) is 1. The number of carboxylic acid groups (broad SMARTS) is 1. The molecule has 1 amide bonds. The van der Waals surface area contributed by atoms with E-state index < -0.39 is 11.5 Å². The van der Waals surface area contributed by atoms with Crippen LogP contribution in [0.5, 0.6) is 0 Å². The Kier molecular flexibility index (Phi) is 5.22. The van der Waals surface area contributed by atoms with Gasteiger partial charge >= 0.3 is 5.97 Å². The van der Waals surface area contributed by atoms with Gasteiger partial charge in [-0.05, 0) is 30.1 Å². The van der Waals surface area contributed by atoms with Crippen molar-refractivity contribution >= 4 is 11.9 Å². The maximum absolute atomic E-state index is 12.2. The van der Waals surface area contributed by atoms with Gasteiger partial charge < -0.3 is 10.4 Å². The average Bonchev–Trinajstić information content (AvgIpc) is 2.30. The molecule has 3 unspecified atom stereocenters. The Hall–Kier alpha value is -1.06. The quantitative estimate of drug-likeness (QED) is 0.832. The molecule has 0 bridgehead atoms. The van der Waals surface area contributed by atoms with E-state index in [9.17, 15) is 14.7 Å². The summed E-state index contributed by atoms with van der Waals surface area (Å²) in [5.74, 6) is -0.820. The summed E-state index contributed by atoms with van der Waals surface area (Å²) in [4.78, 5) is 23.9. The molecular formula is C16H29NO3. The number of rotatable bonds is 4. The van der Waals surface area contributed by atoms with E-state index in [4.69, 9.17) is 0 Å². The number of amides is 1. The lowest BCUT2D eigenvalue weighted by molar-refractivity contribution is -0.152. The van der Waals surface area contributed by atoms with Gasteiger partial charge in [-0.3, -0.25) is 4.79 Å². The SMILES string of the molecule is CC(CC(=O)NC1(C(=O)O)CCCCC1C)C(C)(C)C. The molecule has 4 nitrogen and oxygen atoms in total. The third-order valence-corrected chi connectivity index (χ3v) is 5.01. The molecule has 0 aromatic heterocycles. The Morgan fingerprint density at radius 3 is 2.40 bits per heavy atom. The van der Waals surface area contributed by atoms with Gasteiger partial charge in [-0.25, -0.2) is 4.79 Å². The molecule has 20 heavy (non-hydrogen) atoms. The zero-order valence-corrected chi connectivity index (χ0v) is 13.5. The van der Waals surface area contributed by atoms with Crippen LogP contribution >= 0.6 is 0 Å². The van der Waals surface area contributed by atoms with E-state index in [2.05, 4.69) is 26.1 Å². The topological polar surface area (TPSA) is 66.4 Å². The van der Waals surface area contributed by atoms with Crippen LogP contribution in [-0.4, -0.2) is 22.5 Å². The van der Waals surface area contributed by atoms with E-state index >= 15 is 0 Å². The van der Waals surface area contributed by atoms with Crippen LogP contribution in [-0.2, 0) is 9.59 Å². The zero-order chi connectivity index (χ0) is 15.6. The van der Waals surface area contributed by atoms with Gasteiger partial charge in [0.25, 0.3) is 0 Å². The number of hydrogen-bond acceptors (Lipinski definition) is 2. The molecule has 4 heteroatoms. The third kappa shape index (κ3) is 3.74. The number of carbonyl (C=O) groups excluding carboxylic acids is 1. The summed E-state index contributed by atoms with van der Waals surface area (Å²) in [7, 11) is 0. The van der Waals surface area contributed by atoms with Crippen molar-refractivity contribution in [1.82, 2.24) is 5.32 Å². The second-order valence-electron chi connectivity index (χ2n) is 7.44. The Morgan fingerprint density at radius 2 is 1.95 bits per heavy atom. The Labute approximate surface area is 122 Å². The molecule has 1 aliphatic carbocycles. The monoisotopic (exact) mass is 283 g/mol. The van der Waals surface area contributed by atoms with E-state index in [1.807, 2.05) is 13.8 Å². The Bertz CT molecular complexity index is 372. The molecule has 2 N–H and O–H groups in total. The normalized spacial score (nSPS) is 28.8. The van der Waals surface area contributed by atoms with Gasteiger partial charge in [0.2, 0.25) is 5.91 Å². The summed E-state index contributed by atoms with van der Waals surface area (Å²) in [6, 6.07) is 0. The Morgan fingerprint density at radius 1 is 1.35 bits per heavy atom. The number of hydrogen-bond donors (Lipinski definition) is 2. The maximum atomic E-state index is 12.2. The molecule has 1 aliphatic rings. The van der Waals surface area contributed by atoms with E-state index in [0.29, 0.717) is 12.8 Å². The third-order valence-electron chi connectivity index (χ3n) is 5.01. The van der Waals surface area contributed by atoms with Crippen LogP contribution in [0.15, 0.2) is 0 Å². The highest BCUT2D eigenvalue weighted by atomic mass is 16.4. The van der Waals surface area contributed by atoms with E-state index in [1.165, 1.54) is 0 Å². The molecule has 0 aromatic rings. The lowest BCUT2D eigenvalue weighted by Crippen LogP contribution is -2.60. The second-order valence-corrected chi connectivity index (χ2v) is 7.44. The molecule has 1 rings (SSSR count). The molecule has 116 valence electrons. The van der Waals surface area contributed by atoms with Crippen LogP contribution < -0.4 is 5.32 Å². The summed E-state index contributed by atoms with van der Waals surface area (Å²) in [6.07, 6.45) is 3.70. The van der Waals surface area contributed by atoms with Gasteiger partial charge in [-0.2, -0.15) is 0 Å². The molecule has 1 saturated carbocycles. The first-order valence-electron chi connectivity index (χ1n) is 7.64. The smallest absolute Gasteiger partial charge is 0.329 e. The highest BCUT2D eigenvalue weighted by molar-refractivity contribution is 5.87. The van der Waals surface area contributed by atoms with Crippen LogP contribution in [0.3, 0.4) is 0 Å². The van der Waals surface area contributed by atoms with Crippen molar-refractivity contribution < 1.29 is 14.7 Å². The lowest BCUT2D eigenvalue weighted by atomic mass is 9.73. The van der Waals surface area contributed by atoms with Gasteiger partial charge in [0.1, 0.15) is 5.54 Å². The minimum Gasteiger partial charge on any atom is -0.479 e. The second kappa shape index (κ2) is 6.15. The first-order chi connectivity index (χ1) is 9.09. The summed E-state index contributed by atoms with van der Waals surface area (Å²) < 4.78 is 0. The molecule has 1 fully saturated rings. The zero-order valence-electron chi connectivity index (χ0n) is 13.5.